The molecule has 1 aromatic heterocycles. The molecular formula is C22H27N8OS+. The van der Waals surface area contributed by atoms with Gasteiger partial charge in [-0.1, -0.05) is 0 Å². The molecule has 1 unspecified atom stereocenters. The van der Waals surface area contributed by atoms with Crippen molar-refractivity contribution in [3.8, 4) is 0 Å². The Balaban J connectivity index is 1.24. The molecule has 1 saturated heterocycles. The summed E-state index contributed by atoms with van der Waals surface area (Å²) in [6, 6.07) is 9.97. The molecule has 32 heavy (non-hydrogen) atoms. The predicted octanol–water partition coefficient (Wildman–Crippen LogP) is 1.66. The lowest BCUT2D eigenvalue weighted by atomic mass is 9.97. The lowest BCUT2D eigenvalue weighted by Gasteiger charge is -2.27. The van der Waals surface area contributed by atoms with Gasteiger partial charge in [-0.3, -0.25) is 19.5 Å². The van der Waals surface area contributed by atoms with Gasteiger partial charge in [0, 0.05) is 28.3 Å². The number of rotatable bonds is 6. The highest BCUT2D eigenvalue weighted by atomic mass is 32.2. The number of carbonyl (C=O) groups is 1. The lowest BCUT2D eigenvalue weighted by molar-refractivity contribution is -0.699. The van der Waals surface area contributed by atoms with Gasteiger partial charge in [-0.25, -0.2) is 9.89 Å². The predicted molar refractivity (Wildman–Crippen MR) is 126 cm³/mol. The van der Waals surface area contributed by atoms with Gasteiger partial charge in [-0.2, -0.15) is 5.10 Å². The zero-order chi connectivity index (χ0) is 21.9. The van der Waals surface area contributed by atoms with Crippen LogP contribution in [0.15, 0.2) is 64.6 Å². The van der Waals surface area contributed by atoms with Crippen LogP contribution in [0.25, 0.3) is 0 Å². The van der Waals surface area contributed by atoms with Gasteiger partial charge < -0.3 is 10.6 Å². The minimum atomic E-state index is 0.0965. The highest BCUT2D eigenvalue weighted by molar-refractivity contribution is 7.97. The third-order valence-electron chi connectivity index (χ3n) is 5.67. The number of benzene rings is 1. The van der Waals surface area contributed by atoms with Crippen molar-refractivity contribution in [1.29, 1.82) is 0 Å². The van der Waals surface area contributed by atoms with Crippen molar-refractivity contribution in [3.63, 3.8) is 0 Å². The molecule has 166 valence electrons. The number of carbonyl (C=O) groups excluding carboxylic acids is 1. The van der Waals surface area contributed by atoms with Gasteiger partial charge in [0.25, 0.3) is 0 Å². The summed E-state index contributed by atoms with van der Waals surface area (Å²) in [5.74, 6) is 2.99. The molecule has 4 heterocycles. The number of amidine groups is 1. The zero-order valence-corrected chi connectivity index (χ0v) is 18.7. The number of aromatic amines is 1. The van der Waals surface area contributed by atoms with Crippen LogP contribution in [-0.2, 0) is 4.79 Å². The number of H-pyrrole nitrogens is 1. The van der Waals surface area contributed by atoms with E-state index in [-0.39, 0.29) is 11.8 Å². The molecule has 2 aromatic rings. The number of anilines is 2. The van der Waals surface area contributed by atoms with Crippen molar-refractivity contribution < 1.29 is 9.69 Å². The van der Waals surface area contributed by atoms with Crippen molar-refractivity contribution in [1.82, 2.24) is 19.8 Å². The molecule has 0 bridgehead atoms. The van der Waals surface area contributed by atoms with E-state index in [1.807, 2.05) is 49.7 Å². The second-order valence-corrected chi connectivity index (χ2v) is 9.24. The summed E-state index contributed by atoms with van der Waals surface area (Å²) in [5, 5.41) is 17.0. The number of piperidine rings is 1. The standard InChI is InChI=1S/C22H26N8OS/c1-15-12-19(28-27-15)26-21-14-29(13-20-24-10-11-30(20)21)32-18-4-2-17(3-5-18)25-22(31)16-6-8-23-9-7-16/h2-5,10-12,14,16,23H,6-9,13H2,1H3,(H,25,31)(H2,26,27,28)/p+1. The Kier molecular flexibility index (Phi) is 5.97. The Morgan fingerprint density at radius 2 is 2.06 bits per heavy atom. The Bertz CT molecular complexity index is 1070. The molecule has 3 aliphatic rings. The van der Waals surface area contributed by atoms with E-state index in [1.54, 1.807) is 11.9 Å². The number of fused-ring (bicyclic) bond motifs is 1. The molecule has 3 aliphatic heterocycles. The summed E-state index contributed by atoms with van der Waals surface area (Å²) in [5.41, 5.74) is 1.84. The van der Waals surface area contributed by atoms with Crippen molar-refractivity contribution in [2.75, 3.05) is 30.3 Å². The first-order valence-corrected chi connectivity index (χ1v) is 11.6. The number of hydrogen-bond donors (Lipinski definition) is 5. The molecule has 0 spiro atoms. The fourth-order valence-electron chi connectivity index (χ4n) is 3.99. The number of nitrogens with one attached hydrogen (secondary N) is 5. The molecular weight excluding hydrogens is 424 g/mol. The number of quaternary nitrogens is 1. The number of amides is 1. The summed E-state index contributed by atoms with van der Waals surface area (Å²) >= 11 is 1.63. The van der Waals surface area contributed by atoms with Crippen LogP contribution in [0.3, 0.4) is 0 Å². The largest absolute Gasteiger partial charge is 0.326 e. The molecule has 9 nitrogen and oxygen atoms in total. The second kappa shape index (κ2) is 9.19. The number of aromatic nitrogens is 2. The first kappa shape index (κ1) is 20.8. The van der Waals surface area contributed by atoms with Crippen LogP contribution in [0.1, 0.15) is 18.5 Å². The molecule has 0 saturated carbocycles. The van der Waals surface area contributed by atoms with Crippen molar-refractivity contribution in [2.45, 2.75) is 24.7 Å². The molecule has 0 aliphatic carbocycles. The summed E-state index contributed by atoms with van der Waals surface area (Å²) in [6.45, 7) is 4.51. The van der Waals surface area contributed by atoms with E-state index >= 15 is 0 Å². The van der Waals surface area contributed by atoms with E-state index in [9.17, 15) is 4.79 Å². The Hall–Kier alpha value is -3.08. The topological polar surface area (TPSA) is 102 Å². The van der Waals surface area contributed by atoms with Crippen LogP contribution >= 0.6 is 11.9 Å². The highest BCUT2D eigenvalue weighted by Crippen LogP contribution is 2.26. The van der Waals surface area contributed by atoms with E-state index in [0.29, 0.717) is 6.54 Å². The Morgan fingerprint density at radius 3 is 2.81 bits per heavy atom. The molecule has 5 N–H and O–H groups in total. The minimum Gasteiger partial charge on any atom is -0.326 e. The third kappa shape index (κ3) is 4.72. The highest BCUT2D eigenvalue weighted by Gasteiger charge is 2.32. The van der Waals surface area contributed by atoms with E-state index < -0.39 is 0 Å². The smallest absolute Gasteiger partial charge is 0.233 e. The fourth-order valence-corrected chi connectivity index (χ4v) is 4.86. The molecule has 1 fully saturated rings. The fraction of sp³-hybridized carbons (Fsp3) is 0.318. The maximum atomic E-state index is 12.5. The summed E-state index contributed by atoms with van der Waals surface area (Å²) in [4.78, 5) is 19.2. The van der Waals surface area contributed by atoms with Gasteiger partial charge in [-0.05, 0) is 69.1 Å². The average Bonchev–Trinajstić information content (AvgIpc) is 3.44. The molecule has 1 atom stereocenters. The van der Waals surface area contributed by atoms with Crippen molar-refractivity contribution in [3.05, 3.63) is 60.4 Å². The number of nitrogens with zero attached hydrogens (tertiary/aromatic N) is 3. The van der Waals surface area contributed by atoms with Crippen molar-refractivity contribution >= 4 is 35.2 Å². The normalized spacial score (nSPS) is 20.5. The maximum Gasteiger partial charge on any atom is 0.233 e. The average molecular weight is 452 g/mol. The molecule has 5 rings (SSSR count). The third-order valence-corrected chi connectivity index (χ3v) is 6.63. The van der Waals surface area contributed by atoms with Crippen LogP contribution in [-0.4, -0.2) is 45.9 Å². The van der Waals surface area contributed by atoms with E-state index in [2.05, 4.69) is 41.6 Å². The summed E-state index contributed by atoms with van der Waals surface area (Å²) in [6.07, 6.45) is 7.74. The minimum absolute atomic E-state index is 0.0965. The first-order chi connectivity index (χ1) is 15.6. The number of aryl methyl sites for hydroxylation is 1. The zero-order valence-electron chi connectivity index (χ0n) is 17.9. The molecule has 10 heteroatoms. The van der Waals surface area contributed by atoms with Gasteiger partial charge in [0.1, 0.15) is 12.7 Å². The van der Waals surface area contributed by atoms with E-state index in [4.69, 9.17) is 0 Å². The number of hydrogen-bond acceptors (Lipinski definition) is 7. The number of aliphatic imine (C=N–C) groups is 1. The van der Waals surface area contributed by atoms with Gasteiger partial charge in [0.2, 0.25) is 17.6 Å². The van der Waals surface area contributed by atoms with Gasteiger partial charge in [-0.15, -0.1) is 0 Å². The molecule has 1 aromatic carbocycles. The summed E-state index contributed by atoms with van der Waals surface area (Å²) < 4.78 is 2.15. The molecule has 1 amide bonds. The van der Waals surface area contributed by atoms with Crippen LogP contribution < -0.4 is 20.9 Å². The Labute approximate surface area is 191 Å². The quantitative estimate of drug-likeness (QED) is 0.428. The lowest BCUT2D eigenvalue weighted by Crippen LogP contribution is -3.10. The maximum absolute atomic E-state index is 12.5. The van der Waals surface area contributed by atoms with Crippen LogP contribution in [0.4, 0.5) is 11.5 Å². The van der Waals surface area contributed by atoms with Gasteiger partial charge >= 0.3 is 0 Å². The molecule has 0 radical (unpaired) electrons. The monoisotopic (exact) mass is 451 g/mol. The second-order valence-electron chi connectivity index (χ2n) is 8.11. The summed E-state index contributed by atoms with van der Waals surface area (Å²) in [7, 11) is 0. The SMILES string of the molecule is Cc1cc(NC2=CN(Sc3ccc(NC(=O)C4CCNCC4)cc3)CC3=NC=C[NH+]23)n[nH]1. The van der Waals surface area contributed by atoms with Gasteiger partial charge in [0.15, 0.2) is 5.82 Å². The van der Waals surface area contributed by atoms with Crippen LogP contribution in [0, 0.1) is 12.8 Å². The van der Waals surface area contributed by atoms with Crippen LogP contribution in [0.5, 0.6) is 0 Å². The van der Waals surface area contributed by atoms with Crippen LogP contribution in [0.2, 0.25) is 0 Å². The van der Waals surface area contributed by atoms with Gasteiger partial charge in [0.05, 0.1) is 12.4 Å². The van der Waals surface area contributed by atoms with Crippen molar-refractivity contribution in [2.24, 2.45) is 10.9 Å². The van der Waals surface area contributed by atoms with E-state index in [0.717, 1.165) is 64.6 Å². The first-order valence-electron chi connectivity index (χ1n) is 10.8. The Morgan fingerprint density at radius 1 is 1.25 bits per heavy atom. The van der Waals surface area contributed by atoms with E-state index in [1.165, 1.54) is 0 Å².